The molecule has 0 amide bonds. The first-order valence-corrected chi connectivity index (χ1v) is 11.6. The van der Waals surface area contributed by atoms with Crippen LogP contribution in [0, 0.1) is 6.92 Å². The fraction of sp³-hybridized carbons (Fsp3) is 0.440. The molecule has 0 saturated carbocycles. The van der Waals surface area contributed by atoms with Gasteiger partial charge in [0.1, 0.15) is 5.82 Å². The predicted molar refractivity (Wildman–Crippen MR) is 118 cm³/mol. The zero-order chi connectivity index (χ0) is 25.7. The number of H-pyrrole nitrogens is 1. The molecule has 2 aliphatic rings. The van der Waals surface area contributed by atoms with Crippen molar-refractivity contribution in [3.8, 4) is 0 Å². The summed E-state index contributed by atoms with van der Waals surface area (Å²) in [6.07, 6.45) is -8.43. The average Bonchev–Trinajstić information content (AvgIpc) is 3.39. The van der Waals surface area contributed by atoms with Gasteiger partial charge in [-0.05, 0) is 55.5 Å². The van der Waals surface area contributed by atoms with Crippen LogP contribution in [0.1, 0.15) is 59.1 Å². The maximum atomic E-state index is 13.3. The van der Waals surface area contributed by atoms with E-state index in [0.717, 1.165) is 17.7 Å². The molecule has 0 spiro atoms. The predicted octanol–water partition coefficient (Wildman–Crippen LogP) is 5.87. The third-order valence-corrected chi connectivity index (χ3v) is 7.09. The van der Waals surface area contributed by atoms with Crippen molar-refractivity contribution in [1.82, 2.24) is 20.5 Å². The highest BCUT2D eigenvalue weighted by Gasteiger charge is 2.55. The molecule has 2 bridgehead atoms. The van der Waals surface area contributed by atoms with Crippen LogP contribution >= 0.6 is 0 Å². The van der Waals surface area contributed by atoms with Crippen molar-refractivity contribution in [3.05, 3.63) is 82.4 Å². The number of benzene rings is 2. The Hall–Kier alpha value is -2.92. The van der Waals surface area contributed by atoms with Gasteiger partial charge < -0.3 is 10.1 Å². The van der Waals surface area contributed by atoms with Crippen LogP contribution in [0.15, 0.2) is 48.5 Å². The van der Waals surface area contributed by atoms with Crippen molar-refractivity contribution in [2.75, 3.05) is 0 Å². The molecule has 2 N–H and O–H groups in total. The lowest BCUT2D eigenvalue weighted by Gasteiger charge is -2.42. The fourth-order valence-corrected chi connectivity index (χ4v) is 5.50. The minimum absolute atomic E-state index is 0.0193. The number of hydrogen-bond acceptors (Lipinski definition) is 4. The number of halogens is 6. The van der Waals surface area contributed by atoms with E-state index in [1.54, 1.807) is 0 Å². The van der Waals surface area contributed by atoms with Crippen molar-refractivity contribution < 1.29 is 31.1 Å². The van der Waals surface area contributed by atoms with Crippen LogP contribution in [0.2, 0.25) is 0 Å². The molecule has 0 aliphatic carbocycles. The largest absolute Gasteiger partial charge is 0.416 e. The second-order valence-corrected chi connectivity index (χ2v) is 9.47. The van der Waals surface area contributed by atoms with Crippen LogP contribution in [-0.2, 0) is 29.2 Å². The monoisotopic (exact) mass is 510 g/mol. The molecule has 3 heterocycles. The summed E-state index contributed by atoms with van der Waals surface area (Å²) in [5, 5.41) is 10.9. The van der Waals surface area contributed by atoms with E-state index in [0.29, 0.717) is 30.9 Å². The van der Waals surface area contributed by atoms with Gasteiger partial charge in [0.25, 0.3) is 0 Å². The standard InChI is InChI=1S/C25H24F6N4O/c1-14-32-22(35-34-14)19-12-23(16-5-3-2-4-6-16)21(8-7-20(19)33-23)36-13-15-9-17(24(26,27)28)11-18(10-15)25(29,30)31/h2-6,9-11,19-21,33H,7-8,12-13H2,1H3,(H,32,34,35). The Bertz CT molecular complexity index is 1190. The highest BCUT2D eigenvalue weighted by atomic mass is 19.4. The first-order chi connectivity index (χ1) is 17.0. The third-order valence-electron chi connectivity index (χ3n) is 7.09. The van der Waals surface area contributed by atoms with Gasteiger partial charge in [0.05, 0.1) is 29.4 Å². The Kier molecular flexibility index (Phi) is 6.11. The van der Waals surface area contributed by atoms with Gasteiger partial charge >= 0.3 is 12.4 Å². The van der Waals surface area contributed by atoms with Gasteiger partial charge in [-0.2, -0.15) is 31.4 Å². The van der Waals surface area contributed by atoms with Crippen LogP contribution in [0.5, 0.6) is 0 Å². The Morgan fingerprint density at radius 2 is 1.64 bits per heavy atom. The molecule has 1 aromatic heterocycles. The molecule has 5 nitrogen and oxygen atoms in total. The maximum Gasteiger partial charge on any atom is 0.416 e. The number of aromatic nitrogens is 3. The van der Waals surface area contributed by atoms with Gasteiger partial charge in [-0.3, -0.25) is 5.10 Å². The molecule has 36 heavy (non-hydrogen) atoms. The molecule has 0 radical (unpaired) electrons. The molecule has 2 aliphatic heterocycles. The highest BCUT2D eigenvalue weighted by molar-refractivity contribution is 5.35. The topological polar surface area (TPSA) is 62.8 Å². The Morgan fingerprint density at radius 3 is 2.22 bits per heavy atom. The third kappa shape index (κ3) is 4.61. The average molecular weight is 510 g/mol. The number of aryl methyl sites for hydroxylation is 1. The maximum absolute atomic E-state index is 13.3. The minimum atomic E-state index is -4.91. The molecular weight excluding hydrogens is 486 g/mol. The number of nitrogens with zero attached hydrogens (tertiary/aromatic N) is 2. The van der Waals surface area contributed by atoms with Crippen molar-refractivity contribution in [3.63, 3.8) is 0 Å². The quantitative estimate of drug-likeness (QED) is 0.422. The second-order valence-electron chi connectivity index (χ2n) is 9.47. The first kappa shape index (κ1) is 24.8. The number of rotatable bonds is 5. The number of piperidine rings is 1. The summed E-state index contributed by atoms with van der Waals surface area (Å²) in [5.41, 5.74) is -2.62. The lowest BCUT2D eigenvalue weighted by Crippen LogP contribution is -2.54. The van der Waals surface area contributed by atoms with Gasteiger partial charge in [0.15, 0.2) is 5.82 Å². The van der Waals surface area contributed by atoms with Crippen LogP contribution in [-0.4, -0.2) is 27.3 Å². The zero-order valence-electron chi connectivity index (χ0n) is 19.2. The Morgan fingerprint density at radius 1 is 0.972 bits per heavy atom. The summed E-state index contributed by atoms with van der Waals surface area (Å²) < 4.78 is 86.0. The molecule has 192 valence electrons. The van der Waals surface area contributed by atoms with E-state index in [1.165, 1.54) is 0 Å². The van der Waals surface area contributed by atoms with E-state index < -0.39 is 35.1 Å². The van der Waals surface area contributed by atoms with E-state index in [4.69, 9.17) is 4.74 Å². The van der Waals surface area contributed by atoms with Crippen molar-refractivity contribution in [2.45, 2.75) is 68.7 Å². The molecule has 4 atom stereocenters. The Balaban J connectivity index is 1.46. The zero-order valence-corrected chi connectivity index (χ0v) is 19.2. The Labute approximate surface area is 203 Å². The number of aromatic amines is 1. The number of hydrogen-bond donors (Lipinski definition) is 2. The minimum Gasteiger partial charge on any atom is -0.371 e. The lowest BCUT2D eigenvalue weighted by molar-refractivity contribution is -0.143. The van der Waals surface area contributed by atoms with E-state index in [-0.39, 0.29) is 30.2 Å². The molecule has 2 saturated heterocycles. The normalized spacial score (nSPS) is 26.4. The fourth-order valence-electron chi connectivity index (χ4n) is 5.50. The van der Waals surface area contributed by atoms with E-state index in [9.17, 15) is 26.3 Å². The summed E-state index contributed by atoms with van der Waals surface area (Å²) in [6.45, 7) is 1.43. The molecule has 2 aromatic carbocycles. The van der Waals surface area contributed by atoms with Crippen LogP contribution in [0.25, 0.3) is 0 Å². The number of ether oxygens (including phenoxy) is 1. The molecule has 2 fully saturated rings. The van der Waals surface area contributed by atoms with Crippen molar-refractivity contribution in [1.29, 1.82) is 0 Å². The highest BCUT2D eigenvalue weighted by Crippen LogP contribution is 2.50. The van der Waals surface area contributed by atoms with E-state index in [2.05, 4.69) is 20.5 Å². The van der Waals surface area contributed by atoms with Crippen molar-refractivity contribution in [2.24, 2.45) is 0 Å². The van der Waals surface area contributed by atoms with E-state index in [1.807, 2.05) is 37.3 Å². The van der Waals surface area contributed by atoms with Crippen LogP contribution in [0.3, 0.4) is 0 Å². The summed E-state index contributed by atoms with van der Waals surface area (Å²) in [4.78, 5) is 4.50. The summed E-state index contributed by atoms with van der Waals surface area (Å²) in [5.74, 6) is 1.35. The smallest absolute Gasteiger partial charge is 0.371 e. The van der Waals surface area contributed by atoms with Crippen LogP contribution < -0.4 is 5.32 Å². The summed E-state index contributed by atoms with van der Waals surface area (Å²) in [6, 6.07) is 11.2. The second kappa shape index (κ2) is 8.88. The van der Waals surface area contributed by atoms with Gasteiger partial charge in [-0.25, -0.2) is 4.98 Å². The molecule has 4 unspecified atom stereocenters. The summed E-state index contributed by atoms with van der Waals surface area (Å²) in [7, 11) is 0. The number of fused-ring (bicyclic) bond motifs is 2. The van der Waals surface area contributed by atoms with Gasteiger partial charge in [-0.15, -0.1) is 0 Å². The molecule has 11 heteroatoms. The number of nitrogens with one attached hydrogen (secondary N) is 2. The lowest BCUT2D eigenvalue weighted by atomic mass is 9.80. The van der Waals surface area contributed by atoms with E-state index >= 15 is 0 Å². The first-order valence-electron chi connectivity index (χ1n) is 11.6. The molecule has 3 aromatic rings. The summed E-state index contributed by atoms with van der Waals surface area (Å²) >= 11 is 0. The SMILES string of the molecule is Cc1nc(C2CC3(c4ccccc4)NC2CCC3OCc2cc(C(F)(F)F)cc(C(F)(F)F)c2)n[nH]1. The van der Waals surface area contributed by atoms with Gasteiger partial charge in [0.2, 0.25) is 0 Å². The number of alkyl halides is 6. The van der Waals surface area contributed by atoms with Crippen LogP contribution in [0.4, 0.5) is 26.3 Å². The van der Waals surface area contributed by atoms with Gasteiger partial charge in [0, 0.05) is 12.0 Å². The molecule has 5 rings (SSSR count). The molecular formula is C25H24F6N4O. The van der Waals surface area contributed by atoms with Gasteiger partial charge in [-0.1, -0.05) is 30.3 Å². The van der Waals surface area contributed by atoms with Crippen molar-refractivity contribution >= 4 is 0 Å².